The van der Waals surface area contributed by atoms with E-state index in [1.54, 1.807) is 0 Å². The zero-order valence-electron chi connectivity index (χ0n) is 8.00. The lowest BCUT2D eigenvalue weighted by molar-refractivity contribution is 0.316. The lowest BCUT2D eigenvalue weighted by Crippen LogP contribution is -2.08. The van der Waals surface area contributed by atoms with Gasteiger partial charge in [0.25, 0.3) is 0 Å². The predicted molar refractivity (Wildman–Crippen MR) is 48.3 cm³/mol. The molecule has 0 aliphatic heterocycles. The highest BCUT2D eigenvalue weighted by Crippen LogP contribution is 2.67. The molecule has 0 saturated heterocycles. The van der Waals surface area contributed by atoms with Crippen molar-refractivity contribution in [2.75, 3.05) is 0 Å². The molecule has 0 heterocycles. The van der Waals surface area contributed by atoms with Crippen LogP contribution in [0.3, 0.4) is 0 Å². The zero-order valence-corrected chi connectivity index (χ0v) is 8.00. The van der Waals surface area contributed by atoms with Crippen molar-refractivity contribution in [1.82, 2.24) is 0 Å². The first-order chi connectivity index (χ1) is 6.05. The van der Waals surface area contributed by atoms with Gasteiger partial charge in [0.15, 0.2) is 0 Å². The van der Waals surface area contributed by atoms with E-state index in [1.807, 2.05) is 6.92 Å². The molecule has 3 heteroatoms. The molecule has 0 aromatic heterocycles. The third-order valence-corrected chi connectivity index (χ3v) is 3.45. The average Bonchev–Trinajstić information content (AvgIpc) is 2.52. The second-order valence-electron chi connectivity index (χ2n) is 4.41. The maximum atomic E-state index is 8.93. The van der Waals surface area contributed by atoms with Gasteiger partial charge in [0, 0.05) is 17.4 Å². The van der Waals surface area contributed by atoms with Gasteiger partial charge in [-0.2, -0.15) is 5.26 Å². The first kappa shape index (κ1) is 8.31. The molecule has 1 fully saturated rings. The second-order valence-corrected chi connectivity index (χ2v) is 4.41. The average molecular weight is 176 g/mol. The van der Waals surface area contributed by atoms with Crippen molar-refractivity contribution in [1.29, 1.82) is 5.26 Å². The third-order valence-electron chi connectivity index (χ3n) is 3.45. The topological polar surface area (TPSA) is 56.4 Å². The Labute approximate surface area is 77.4 Å². The number of oxime groups is 1. The molecule has 3 nitrogen and oxygen atoms in total. The lowest BCUT2D eigenvalue weighted by atomic mass is 9.95. The van der Waals surface area contributed by atoms with E-state index in [1.165, 1.54) is 0 Å². The van der Waals surface area contributed by atoms with E-state index in [-0.39, 0.29) is 11.3 Å². The maximum Gasteiger partial charge on any atom is 0.0954 e. The molecule has 2 aliphatic rings. The van der Waals surface area contributed by atoms with Crippen LogP contribution in [0.1, 0.15) is 20.8 Å². The number of nitriles is 1. The Morgan fingerprint density at radius 2 is 2.08 bits per heavy atom. The van der Waals surface area contributed by atoms with Crippen molar-refractivity contribution >= 4 is 5.71 Å². The number of fused-ring (bicyclic) bond motifs is 1. The van der Waals surface area contributed by atoms with Crippen molar-refractivity contribution in [3.63, 3.8) is 0 Å². The van der Waals surface area contributed by atoms with Crippen LogP contribution in [0.4, 0.5) is 0 Å². The van der Waals surface area contributed by atoms with E-state index >= 15 is 0 Å². The molecule has 13 heavy (non-hydrogen) atoms. The van der Waals surface area contributed by atoms with E-state index in [2.05, 4.69) is 25.1 Å². The standard InChI is InChI=1S/C10H12N2O/c1-5-6(4-11)7-8(9(5)12-13)10(7,2)3/h7-8,13H,1-3H3/b12-9-/t7-,8+/m0/s1. The largest absolute Gasteiger partial charge is 0.411 e. The molecule has 0 radical (unpaired) electrons. The summed E-state index contributed by atoms with van der Waals surface area (Å²) in [5.74, 6) is 0.565. The number of hydrogen-bond acceptors (Lipinski definition) is 3. The summed E-state index contributed by atoms with van der Waals surface area (Å²) in [6.45, 7) is 6.07. The maximum absolute atomic E-state index is 8.93. The van der Waals surface area contributed by atoms with Gasteiger partial charge in [0.1, 0.15) is 0 Å². The van der Waals surface area contributed by atoms with Crippen LogP contribution < -0.4 is 0 Å². The Hall–Kier alpha value is -1.30. The summed E-state index contributed by atoms with van der Waals surface area (Å²) < 4.78 is 0. The number of hydrogen-bond donors (Lipinski definition) is 1. The molecule has 2 aliphatic carbocycles. The van der Waals surface area contributed by atoms with Gasteiger partial charge < -0.3 is 5.21 Å². The molecule has 0 spiro atoms. The van der Waals surface area contributed by atoms with Crippen molar-refractivity contribution in [2.24, 2.45) is 22.4 Å². The monoisotopic (exact) mass is 176 g/mol. The molecular formula is C10H12N2O. The summed E-state index contributed by atoms with van der Waals surface area (Å²) in [4.78, 5) is 0. The van der Waals surface area contributed by atoms with Crippen LogP contribution in [-0.2, 0) is 0 Å². The molecule has 1 saturated carbocycles. The number of allylic oxidation sites excluding steroid dienone is 2. The fourth-order valence-electron chi connectivity index (χ4n) is 2.58. The molecule has 0 bridgehead atoms. The summed E-state index contributed by atoms with van der Waals surface area (Å²) in [5, 5.41) is 21.1. The smallest absolute Gasteiger partial charge is 0.0954 e. The van der Waals surface area contributed by atoms with E-state index < -0.39 is 0 Å². The van der Waals surface area contributed by atoms with Gasteiger partial charge in [0.05, 0.1) is 11.8 Å². The van der Waals surface area contributed by atoms with E-state index in [9.17, 15) is 0 Å². The second kappa shape index (κ2) is 2.14. The number of rotatable bonds is 0. The van der Waals surface area contributed by atoms with E-state index in [0.29, 0.717) is 11.6 Å². The summed E-state index contributed by atoms with van der Waals surface area (Å²) in [6.07, 6.45) is 0. The fraction of sp³-hybridized carbons (Fsp3) is 0.600. The molecule has 2 rings (SSSR count). The SMILES string of the molecule is CC1=C(C#N)[C@H]2[C@H](/C1=N\O)C2(C)C. The minimum Gasteiger partial charge on any atom is -0.411 e. The van der Waals surface area contributed by atoms with E-state index in [0.717, 1.165) is 11.1 Å². The molecule has 0 aromatic carbocycles. The van der Waals surface area contributed by atoms with Crippen molar-refractivity contribution in [3.05, 3.63) is 11.1 Å². The summed E-state index contributed by atoms with van der Waals surface area (Å²) in [7, 11) is 0. The highest BCUT2D eigenvalue weighted by Gasteiger charge is 2.66. The lowest BCUT2D eigenvalue weighted by Gasteiger charge is -2.09. The molecule has 0 aromatic rings. The van der Waals surface area contributed by atoms with Crippen molar-refractivity contribution in [2.45, 2.75) is 20.8 Å². The highest BCUT2D eigenvalue weighted by atomic mass is 16.4. The van der Waals surface area contributed by atoms with Gasteiger partial charge in [0.2, 0.25) is 0 Å². The Morgan fingerprint density at radius 1 is 1.46 bits per heavy atom. The van der Waals surface area contributed by atoms with Gasteiger partial charge in [-0.1, -0.05) is 19.0 Å². The minimum absolute atomic E-state index is 0.117. The quantitative estimate of drug-likeness (QED) is 0.453. The number of nitrogens with zero attached hydrogens (tertiary/aromatic N) is 2. The Balaban J connectivity index is 2.51. The molecule has 0 unspecified atom stereocenters. The van der Waals surface area contributed by atoms with Crippen LogP contribution in [0.5, 0.6) is 0 Å². The van der Waals surface area contributed by atoms with Gasteiger partial charge in [-0.15, -0.1) is 0 Å². The first-order valence-electron chi connectivity index (χ1n) is 4.39. The molecule has 0 amide bonds. The molecule has 2 atom stereocenters. The molecule has 1 N–H and O–H groups in total. The van der Waals surface area contributed by atoms with Gasteiger partial charge in [-0.25, -0.2) is 0 Å². The van der Waals surface area contributed by atoms with Crippen LogP contribution in [0, 0.1) is 28.6 Å². The van der Waals surface area contributed by atoms with Crippen molar-refractivity contribution < 1.29 is 5.21 Å². The van der Waals surface area contributed by atoms with Crippen LogP contribution in [0.2, 0.25) is 0 Å². The van der Waals surface area contributed by atoms with Crippen LogP contribution >= 0.6 is 0 Å². The summed E-state index contributed by atoms with van der Waals surface area (Å²) in [6, 6.07) is 2.21. The minimum atomic E-state index is 0.117. The van der Waals surface area contributed by atoms with E-state index in [4.69, 9.17) is 10.5 Å². The van der Waals surface area contributed by atoms with Crippen LogP contribution in [-0.4, -0.2) is 10.9 Å². The third kappa shape index (κ3) is 0.757. The first-order valence-corrected chi connectivity index (χ1v) is 4.39. The highest BCUT2D eigenvalue weighted by molar-refractivity contribution is 6.08. The normalized spacial score (nSPS) is 37.5. The summed E-state index contributed by atoms with van der Waals surface area (Å²) in [5.41, 5.74) is 2.51. The molecule has 68 valence electrons. The predicted octanol–water partition coefficient (Wildman–Crippen LogP) is 1.94. The van der Waals surface area contributed by atoms with Crippen LogP contribution in [0.25, 0.3) is 0 Å². The van der Waals surface area contributed by atoms with Gasteiger partial charge in [-0.05, 0) is 17.9 Å². The Morgan fingerprint density at radius 3 is 2.38 bits per heavy atom. The molecular weight excluding hydrogens is 164 g/mol. The van der Waals surface area contributed by atoms with Crippen LogP contribution in [0.15, 0.2) is 16.3 Å². The fourth-order valence-corrected chi connectivity index (χ4v) is 2.58. The Bertz CT molecular complexity index is 371. The summed E-state index contributed by atoms with van der Waals surface area (Å²) >= 11 is 0. The van der Waals surface area contributed by atoms with Gasteiger partial charge >= 0.3 is 0 Å². The van der Waals surface area contributed by atoms with Crippen molar-refractivity contribution in [3.8, 4) is 6.07 Å². The Kier molecular flexibility index (Phi) is 1.37. The van der Waals surface area contributed by atoms with Gasteiger partial charge in [-0.3, -0.25) is 0 Å². The zero-order chi connectivity index (χ0) is 9.80.